The number of imidazole rings is 1. The lowest BCUT2D eigenvalue weighted by molar-refractivity contribution is -0.198. The van der Waals surface area contributed by atoms with E-state index in [1.807, 2.05) is 18.4 Å². The molecule has 3 aromatic heterocycles. The van der Waals surface area contributed by atoms with Gasteiger partial charge in [0, 0.05) is 36.9 Å². The standard InChI is InChI=1S/C28H29F2N7O3/c1-16(2)37-17(3)33-27-20(29)12-19(13-22(27)37)26-21(30)15-32-28(35-26)34-23-9-7-18(14-31-23)8-10-24(38)36-40-25-6-4-5-11-39-25/h7-10,12-16,25H,4-6,11H2,1-3H3,(H,36,38)(H,31,32,34,35)/b10-8+. The number of aromatic nitrogens is 5. The third-order valence-corrected chi connectivity index (χ3v) is 6.34. The van der Waals surface area contributed by atoms with Crippen LogP contribution in [0.25, 0.3) is 28.4 Å². The van der Waals surface area contributed by atoms with Crippen LogP contribution in [0.5, 0.6) is 0 Å². The number of benzene rings is 1. The van der Waals surface area contributed by atoms with Crippen LogP contribution in [0.3, 0.4) is 0 Å². The van der Waals surface area contributed by atoms with Crippen molar-refractivity contribution < 1.29 is 23.1 Å². The number of fused-ring (bicyclic) bond motifs is 1. The molecule has 0 bridgehead atoms. The predicted octanol–water partition coefficient (Wildman–Crippen LogP) is 5.39. The van der Waals surface area contributed by atoms with Crippen molar-refractivity contribution in [2.75, 3.05) is 11.9 Å². The van der Waals surface area contributed by atoms with Gasteiger partial charge in [0.25, 0.3) is 5.91 Å². The Hall–Kier alpha value is -4.29. The second-order valence-corrected chi connectivity index (χ2v) is 9.65. The molecular weight excluding hydrogens is 520 g/mol. The molecule has 10 nitrogen and oxygen atoms in total. The van der Waals surface area contributed by atoms with Crippen LogP contribution in [0.1, 0.15) is 50.5 Å². The molecule has 0 aliphatic carbocycles. The van der Waals surface area contributed by atoms with E-state index >= 15 is 0 Å². The minimum atomic E-state index is -0.692. The molecule has 0 saturated carbocycles. The number of hydrogen-bond acceptors (Lipinski definition) is 8. The van der Waals surface area contributed by atoms with Crippen molar-refractivity contribution in [2.45, 2.75) is 52.4 Å². The number of hydrogen-bond donors (Lipinski definition) is 2. The van der Waals surface area contributed by atoms with Gasteiger partial charge in [-0.3, -0.25) is 4.79 Å². The van der Waals surface area contributed by atoms with E-state index < -0.39 is 23.8 Å². The summed E-state index contributed by atoms with van der Waals surface area (Å²) in [6, 6.07) is 6.32. The molecule has 5 rings (SSSR count). The Kier molecular flexibility index (Phi) is 8.08. The molecule has 4 heterocycles. The van der Waals surface area contributed by atoms with Crippen LogP contribution in [-0.2, 0) is 14.4 Å². The molecule has 40 heavy (non-hydrogen) atoms. The van der Waals surface area contributed by atoms with Crippen LogP contribution in [0.15, 0.2) is 42.7 Å². The number of halogens is 2. The van der Waals surface area contributed by atoms with Gasteiger partial charge in [-0.05, 0) is 69.5 Å². The maximum absolute atomic E-state index is 14.9. The Labute approximate surface area is 229 Å². The summed E-state index contributed by atoms with van der Waals surface area (Å²) in [6.45, 7) is 6.36. The quantitative estimate of drug-likeness (QED) is 0.222. The van der Waals surface area contributed by atoms with Crippen LogP contribution in [0.2, 0.25) is 0 Å². The molecule has 1 atom stereocenters. The third-order valence-electron chi connectivity index (χ3n) is 6.34. The number of aryl methyl sites for hydroxylation is 1. The molecule has 2 N–H and O–H groups in total. The van der Waals surface area contributed by atoms with Crippen LogP contribution < -0.4 is 10.8 Å². The van der Waals surface area contributed by atoms with Gasteiger partial charge < -0.3 is 14.6 Å². The summed E-state index contributed by atoms with van der Waals surface area (Å²) in [5.41, 5.74) is 4.01. The Morgan fingerprint density at radius 1 is 1.15 bits per heavy atom. The van der Waals surface area contributed by atoms with Crippen LogP contribution in [0, 0.1) is 18.6 Å². The number of ether oxygens (including phenoxy) is 1. The number of pyridine rings is 1. The molecule has 12 heteroatoms. The fourth-order valence-corrected chi connectivity index (χ4v) is 4.51. The molecule has 1 amide bonds. The first-order valence-corrected chi connectivity index (χ1v) is 13.0. The van der Waals surface area contributed by atoms with E-state index in [4.69, 9.17) is 9.57 Å². The van der Waals surface area contributed by atoms with Gasteiger partial charge in [0.2, 0.25) is 5.95 Å². The Balaban J connectivity index is 1.28. The zero-order chi connectivity index (χ0) is 28.2. The van der Waals surface area contributed by atoms with Gasteiger partial charge in [-0.15, -0.1) is 0 Å². The highest BCUT2D eigenvalue weighted by molar-refractivity contribution is 5.91. The summed E-state index contributed by atoms with van der Waals surface area (Å²) in [5, 5.41) is 2.93. The van der Waals surface area contributed by atoms with E-state index in [0.29, 0.717) is 29.3 Å². The molecule has 1 fully saturated rings. The molecular formula is C28H29F2N7O3. The summed E-state index contributed by atoms with van der Waals surface area (Å²) >= 11 is 0. The van der Waals surface area contributed by atoms with Gasteiger partial charge in [-0.1, -0.05) is 0 Å². The van der Waals surface area contributed by atoms with Crippen LogP contribution >= 0.6 is 0 Å². The van der Waals surface area contributed by atoms with Gasteiger partial charge >= 0.3 is 0 Å². The lowest BCUT2D eigenvalue weighted by atomic mass is 10.1. The third kappa shape index (κ3) is 6.13. The minimum absolute atomic E-state index is 0.0369. The summed E-state index contributed by atoms with van der Waals surface area (Å²) in [5.74, 6) is -0.531. The maximum atomic E-state index is 14.9. The lowest BCUT2D eigenvalue weighted by Gasteiger charge is -2.21. The highest BCUT2D eigenvalue weighted by Gasteiger charge is 2.19. The van der Waals surface area contributed by atoms with E-state index in [1.165, 1.54) is 12.1 Å². The molecule has 1 unspecified atom stereocenters. The van der Waals surface area contributed by atoms with E-state index in [-0.39, 0.29) is 28.8 Å². The SMILES string of the molecule is Cc1nc2c(F)cc(-c3nc(Nc4ccc(/C=C/C(=O)NOC5CCCCO5)cn4)ncc3F)cc2n1C(C)C. The normalized spacial score (nSPS) is 15.7. The van der Waals surface area contributed by atoms with Gasteiger partial charge in [-0.25, -0.2) is 39.0 Å². The number of carbonyl (C=O) groups is 1. The number of nitrogens with one attached hydrogen (secondary N) is 2. The summed E-state index contributed by atoms with van der Waals surface area (Å²) in [6.07, 6.45) is 7.75. The number of carbonyl (C=O) groups excluding carboxylic acids is 1. The molecule has 1 aliphatic rings. The number of hydroxylamine groups is 1. The van der Waals surface area contributed by atoms with E-state index in [1.54, 1.807) is 37.4 Å². The first-order chi connectivity index (χ1) is 19.3. The van der Waals surface area contributed by atoms with E-state index in [0.717, 1.165) is 25.5 Å². The van der Waals surface area contributed by atoms with Crippen molar-refractivity contribution >= 4 is 34.8 Å². The Morgan fingerprint density at radius 3 is 2.73 bits per heavy atom. The number of anilines is 2. The summed E-state index contributed by atoms with van der Waals surface area (Å²) in [4.78, 5) is 34.2. The smallest absolute Gasteiger partial charge is 0.267 e. The van der Waals surface area contributed by atoms with Crippen molar-refractivity contribution in [3.63, 3.8) is 0 Å². The van der Waals surface area contributed by atoms with E-state index in [9.17, 15) is 13.6 Å². The number of rotatable bonds is 8. The largest absolute Gasteiger partial charge is 0.350 e. The lowest BCUT2D eigenvalue weighted by Crippen LogP contribution is -2.32. The van der Waals surface area contributed by atoms with Gasteiger partial charge in [-0.2, -0.15) is 0 Å². The Bertz CT molecular complexity index is 1550. The second-order valence-electron chi connectivity index (χ2n) is 9.65. The zero-order valence-electron chi connectivity index (χ0n) is 22.3. The zero-order valence-corrected chi connectivity index (χ0v) is 22.3. The average molecular weight is 550 g/mol. The highest BCUT2D eigenvalue weighted by Crippen LogP contribution is 2.30. The molecule has 0 radical (unpaired) electrons. The number of amides is 1. The summed E-state index contributed by atoms with van der Waals surface area (Å²) in [7, 11) is 0. The summed E-state index contributed by atoms with van der Waals surface area (Å²) < 4.78 is 37.0. The van der Waals surface area contributed by atoms with Crippen molar-refractivity contribution in [1.29, 1.82) is 0 Å². The van der Waals surface area contributed by atoms with E-state index in [2.05, 4.69) is 30.7 Å². The van der Waals surface area contributed by atoms with Crippen molar-refractivity contribution in [1.82, 2.24) is 30.0 Å². The molecule has 1 aliphatic heterocycles. The first-order valence-electron chi connectivity index (χ1n) is 13.0. The van der Waals surface area contributed by atoms with Gasteiger partial charge in [0.05, 0.1) is 11.7 Å². The predicted molar refractivity (Wildman–Crippen MR) is 145 cm³/mol. The van der Waals surface area contributed by atoms with Crippen molar-refractivity contribution in [2.24, 2.45) is 0 Å². The monoisotopic (exact) mass is 549 g/mol. The van der Waals surface area contributed by atoms with Crippen LogP contribution in [0.4, 0.5) is 20.5 Å². The molecule has 0 spiro atoms. The van der Waals surface area contributed by atoms with Gasteiger partial charge in [0.1, 0.15) is 22.9 Å². The average Bonchev–Trinajstić information content (AvgIpc) is 3.29. The number of nitrogens with zero attached hydrogens (tertiary/aromatic N) is 5. The maximum Gasteiger partial charge on any atom is 0.267 e. The fraction of sp³-hybridized carbons (Fsp3) is 0.321. The topological polar surface area (TPSA) is 116 Å². The highest BCUT2D eigenvalue weighted by atomic mass is 19.1. The fourth-order valence-electron chi connectivity index (χ4n) is 4.51. The van der Waals surface area contributed by atoms with Gasteiger partial charge in [0.15, 0.2) is 17.9 Å². The van der Waals surface area contributed by atoms with Crippen molar-refractivity contribution in [3.8, 4) is 11.3 Å². The van der Waals surface area contributed by atoms with Crippen LogP contribution in [-0.4, -0.2) is 43.3 Å². The molecule has 208 valence electrons. The second kappa shape index (κ2) is 11.8. The molecule has 4 aromatic rings. The molecule has 1 saturated heterocycles. The minimum Gasteiger partial charge on any atom is -0.350 e. The van der Waals surface area contributed by atoms with Crippen molar-refractivity contribution in [3.05, 3.63) is 65.8 Å². The molecule has 1 aromatic carbocycles. The first kappa shape index (κ1) is 27.3. The Morgan fingerprint density at radius 2 is 2.00 bits per heavy atom.